The van der Waals surface area contributed by atoms with Crippen molar-refractivity contribution in [1.29, 1.82) is 0 Å². The van der Waals surface area contributed by atoms with Crippen molar-refractivity contribution in [2.24, 2.45) is 0 Å². The lowest BCUT2D eigenvalue weighted by atomic mass is 10.0. The number of ether oxygens (including phenoxy) is 3. The Bertz CT molecular complexity index is 1430. The molecule has 0 N–H and O–H groups in total. The molecule has 0 saturated heterocycles. The minimum atomic E-state index is -0.782. The largest absolute Gasteiger partial charge is 0.462 e. The van der Waals surface area contributed by atoms with Gasteiger partial charge in [0.1, 0.15) is 13.2 Å². The van der Waals surface area contributed by atoms with Gasteiger partial charge in [0.25, 0.3) is 0 Å². The van der Waals surface area contributed by atoms with Gasteiger partial charge in [-0.3, -0.25) is 14.4 Å². The van der Waals surface area contributed by atoms with Gasteiger partial charge in [-0.2, -0.15) is 0 Å². The van der Waals surface area contributed by atoms with Crippen LogP contribution in [0.3, 0.4) is 0 Å². The molecule has 0 aliphatic carbocycles. The van der Waals surface area contributed by atoms with Crippen molar-refractivity contribution < 1.29 is 28.6 Å². The van der Waals surface area contributed by atoms with E-state index in [1.807, 2.05) is 0 Å². The van der Waals surface area contributed by atoms with Crippen LogP contribution in [0.15, 0.2) is 85.1 Å². The molecule has 0 fully saturated rings. The number of allylic oxidation sites excluding steroid dienone is 14. The van der Waals surface area contributed by atoms with Crippen molar-refractivity contribution in [3.63, 3.8) is 0 Å². The molecule has 0 heterocycles. The molecule has 0 amide bonds. The predicted molar refractivity (Wildman–Crippen MR) is 325 cm³/mol. The van der Waals surface area contributed by atoms with E-state index in [1.54, 1.807) is 0 Å². The van der Waals surface area contributed by atoms with Crippen molar-refractivity contribution in [3.8, 4) is 0 Å². The zero-order valence-electron chi connectivity index (χ0n) is 49.6. The first-order valence-electron chi connectivity index (χ1n) is 32.1. The number of carbonyl (C=O) groups is 3. The van der Waals surface area contributed by atoms with Crippen molar-refractivity contribution >= 4 is 17.9 Å². The maximum absolute atomic E-state index is 12.9. The molecule has 6 heteroatoms. The smallest absolute Gasteiger partial charge is 0.306 e. The topological polar surface area (TPSA) is 78.9 Å². The summed E-state index contributed by atoms with van der Waals surface area (Å²) in [4.78, 5) is 38.2. The predicted octanol–water partition coefficient (Wildman–Crippen LogP) is 21.9. The van der Waals surface area contributed by atoms with E-state index in [-0.39, 0.29) is 31.1 Å². The highest BCUT2D eigenvalue weighted by Crippen LogP contribution is 2.16. The molecule has 0 bridgehead atoms. The van der Waals surface area contributed by atoms with E-state index in [0.29, 0.717) is 19.3 Å². The maximum Gasteiger partial charge on any atom is 0.306 e. The van der Waals surface area contributed by atoms with E-state index in [1.165, 1.54) is 167 Å². The Balaban J connectivity index is 4.16. The summed E-state index contributed by atoms with van der Waals surface area (Å²) in [6.07, 6.45) is 83.1. The molecule has 6 nitrogen and oxygen atoms in total. The normalized spacial score (nSPS) is 12.6. The standard InChI is InChI=1S/C69H120O6/c1-4-7-10-13-16-19-22-25-27-28-29-30-31-32-33-34-35-36-37-38-39-40-41-42-43-45-47-50-53-56-59-62-68(71)74-65-66(64-73-67(70)61-58-55-52-49-46-24-21-18-15-12-9-6-3)75-69(72)63-60-57-54-51-48-44-26-23-20-17-14-11-8-5-2/h7,10,16,18-19,21,23,25-27,29-30,32-33,66H,4-6,8-9,11-15,17,20,22,24,28,31,34-65H2,1-3H3/b10-7-,19-16-,21-18-,26-23-,27-25-,30-29-,33-32-. The molecule has 432 valence electrons. The summed E-state index contributed by atoms with van der Waals surface area (Å²) in [7, 11) is 0. The van der Waals surface area contributed by atoms with Crippen LogP contribution in [0.5, 0.6) is 0 Å². The molecule has 0 aromatic rings. The molecule has 0 radical (unpaired) electrons. The van der Waals surface area contributed by atoms with Gasteiger partial charge < -0.3 is 14.2 Å². The lowest BCUT2D eigenvalue weighted by Crippen LogP contribution is -2.30. The Labute approximate surface area is 465 Å². The van der Waals surface area contributed by atoms with Crippen LogP contribution in [0.2, 0.25) is 0 Å². The average Bonchev–Trinajstić information content (AvgIpc) is 3.41. The van der Waals surface area contributed by atoms with Gasteiger partial charge in [0.05, 0.1) is 0 Å². The van der Waals surface area contributed by atoms with Gasteiger partial charge in [0.15, 0.2) is 6.10 Å². The molecule has 1 unspecified atom stereocenters. The third-order valence-electron chi connectivity index (χ3n) is 13.9. The van der Waals surface area contributed by atoms with Crippen LogP contribution in [0.25, 0.3) is 0 Å². The van der Waals surface area contributed by atoms with Crippen LogP contribution in [0.4, 0.5) is 0 Å². The SMILES string of the molecule is CC/C=C\C/C=C\C/C=C\C/C=C\C/C=C\CCCCCCCCCCCCCCCCCC(=O)OCC(COC(=O)CCCCCCC/C=C\CCCCC)OC(=O)CCCCCCC/C=C\CCCCCCC. The van der Waals surface area contributed by atoms with Crippen LogP contribution < -0.4 is 0 Å². The van der Waals surface area contributed by atoms with Crippen LogP contribution >= 0.6 is 0 Å². The molecule has 1 atom stereocenters. The summed E-state index contributed by atoms with van der Waals surface area (Å²) in [6, 6.07) is 0. The molecule has 0 saturated carbocycles. The fraction of sp³-hybridized carbons (Fsp3) is 0.754. The molecule has 0 aliphatic heterocycles. The summed E-state index contributed by atoms with van der Waals surface area (Å²) >= 11 is 0. The Morgan fingerprint density at radius 2 is 0.520 bits per heavy atom. The van der Waals surface area contributed by atoms with Gasteiger partial charge in [-0.25, -0.2) is 0 Å². The van der Waals surface area contributed by atoms with Gasteiger partial charge in [0, 0.05) is 19.3 Å². The van der Waals surface area contributed by atoms with Crippen LogP contribution in [0, 0.1) is 0 Å². The lowest BCUT2D eigenvalue weighted by molar-refractivity contribution is -0.167. The summed E-state index contributed by atoms with van der Waals surface area (Å²) < 4.78 is 16.9. The second-order valence-electron chi connectivity index (χ2n) is 21.3. The van der Waals surface area contributed by atoms with Crippen LogP contribution in [0.1, 0.15) is 316 Å². The highest BCUT2D eigenvalue weighted by Gasteiger charge is 2.19. The highest BCUT2D eigenvalue weighted by atomic mass is 16.6. The summed E-state index contributed by atoms with van der Waals surface area (Å²) in [6.45, 7) is 6.50. The first-order valence-corrected chi connectivity index (χ1v) is 32.1. The zero-order chi connectivity index (χ0) is 54.3. The van der Waals surface area contributed by atoms with E-state index in [0.717, 1.165) is 109 Å². The van der Waals surface area contributed by atoms with Crippen molar-refractivity contribution in [1.82, 2.24) is 0 Å². The molecular formula is C69H120O6. The van der Waals surface area contributed by atoms with E-state index < -0.39 is 6.10 Å². The fourth-order valence-electron chi connectivity index (χ4n) is 9.05. The quantitative estimate of drug-likeness (QED) is 0.0261. The molecule has 0 aromatic heterocycles. The highest BCUT2D eigenvalue weighted by molar-refractivity contribution is 5.71. The molecular weight excluding hydrogens is 925 g/mol. The first kappa shape index (κ1) is 71.6. The van der Waals surface area contributed by atoms with Gasteiger partial charge in [-0.15, -0.1) is 0 Å². The summed E-state index contributed by atoms with van der Waals surface area (Å²) in [5.74, 6) is -0.887. The molecule has 0 spiro atoms. The van der Waals surface area contributed by atoms with Crippen molar-refractivity contribution in [2.45, 2.75) is 322 Å². The van der Waals surface area contributed by atoms with Crippen LogP contribution in [-0.4, -0.2) is 37.2 Å². The Hall–Kier alpha value is -3.41. The van der Waals surface area contributed by atoms with Gasteiger partial charge in [0.2, 0.25) is 0 Å². The van der Waals surface area contributed by atoms with E-state index in [9.17, 15) is 14.4 Å². The zero-order valence-corrected chi connectivity index (χ0v) is 49.6. The van der Waals surface area contributed by atoms with E-state index in [4.69, 9.17) is 14.2 Å². The summed E-state index contributed by atoms with van der Waals surface area (Å²) in [5, 5.41) is 0. The number of carbonyl (C=O) groups excluding carboxylic acids is 3. The first-order chi connectivity index (χ1) is 37.0. The molecule has 0 rings (SSSR count). The van der Waals surface area contributed by atoms with E-state index in [2.05, 4.69) is 106 Å². The Morgan fingerprint density at radius 1 is 0.280 bits per heavy atom. The lowest BCUT2D eigenvalue weighted by Gasteiger charge is -2.18. The van der Waals surface area contributed by atoms with Crippen molar-refractivity contribution in [3.05, 3.63) is 85.1 Å². The summed E-state index contributed by atoms with van der Waals surface area (Å²) in [5.41, 5.74) is 0. The minimum absolute atomic E-state index is 0.0798. The number of hydrogen-bond donors (Lipinski definition) is 0. The molecule has 0 aliphatic rings. The third kappa shape index (κ3) is 61.3. The monoisotopic (exact) mass is 1040 g/mol. The second-order valence-corrected chi connectivity index (χ2v) is 21.3. The fourth-order valence-corrected chi connectivity index (χ4v) is 9.05. The average molecular weight is 1050 g/mol. The molecule has 75 heavy (non-hydrogen) atoms. The maximum atomic E-state index is 12.9. The van der Waals surface area contributed by atoms with Gasteiger partial charge >= 0.3 is 17.9 Å². The van der Waals surface area contributed by atoms with Gasteiger partial charge in [-0.1, -0.05) is 266 Å². The van der Waals surface area contributed by atoms with Crippen LogP contribution in [-0.2, 0) is 28.6 Å². The third-order valence-corrected chi connectivity index (χ3v) is 13.9. The Kier molecular flexibility index (Phi) is 60.3. The van der Waals surface area contributed by atoms with Gasteiger partial charge in [-0.05, 0) is 116 Å². The molecule has 0 aromatic carbocycles. The number of unbranched alkanes of at least 4 members (excludes halogenated alkanes) is 33. The number of esters is 3. The minimum Gasteiger partial charge on any atom is -0.462 e. The Morgan fingerprint density at radius 3 is 0.853 bits per heavy atom. The second kappa shape index (κ2) is 63.1. The van der Waals surface area contributed by atoms with E-state index >= 15 is 0 Å². The number of hydrogen-bond acceptors (Lipinski definition) is 6. The van der Waals surface area contributed by atoms with Crippen molar-refractivity contribution in [2.75, 3.05) is 13.2 Å². The number of rotatable bonds is 58.